The quantitative estimate of drug-likeness (QED) is 0.681. The normalized spacial score (nSPS) is 17.3. The zero-order valence-electron chi connectivity index (χ0n) is 6.10. The summed E-state index contributed by atoms with van der Waals surface area (Å²) in [4.78, 5) is 0. The van der Waals surface area contributed by atoms with Gasteiger partial charge in [-0.05, 0) is 25.7 Å². The number of halogens is 1. The van der Waals surface area contributed by atoms with Crippen molar-refractivity contribution < 1.29 is 5.11 Å². The average molecular weight is 195 g/mol. The van der Waals surface area contributed by atoms with Crippen molar-refractivity contribution in [1.82, 2.24) is 0 Å². The number of aliphatic hydroxyl groups is 1. The van der Waals surface area contributed by atoms with Crippen LogP contribution in [0.4, 0.5) is 0 Å². The van der Waals surface area contributed by atoms with Crippen molar-refractivity contribution in [1.29, 1.82) is 0 Å². The highest BCUT2D eigenvalue weighted by Gasteiger charge is 2.01. The molecule has 9 heavy (non-hydrogen) atoms. The van der Waals surface area contributed by atoms with Crippen LogP contribution in [0.15, 0.2) is 0 Å². The second kappa shape index (κ2) is 5.24. The molecule has 0 bridgehead atoms. The van der Waals surface area contributed by atoms with Crippen molar-refractivity contribution in [3.8, 4) is 0 Å². The van der Waals surface area contributed by atoms with Crippen molar-refractivity contribution >= 4 is 15.9 Å². The number of aliphatic hydroxyl groups excluding tert-OH is 1. The fourth-order valence-corrected chi connectivity index (χ4v) is 0.927. The molecule has 2 atom stereocenters. The number of alkyl halides is 1. The topological polar surface area (TPSA) is 20.2 Å². The van der Waals surface area contributed by atoms with Crippen LogP contribution in [-0.4, -0.2) is 16.5 Å². The minimum atomic E-state index is -0.133. The van der Waals surface area contributed by atoms with Gasteiger partial charge < -0.3 is 5.11 Å². The molecule has 1 nitrogen and oxygen atoms in total. The second-order valence-corrected chi connectivity index (χ2v) is 3.33. The first-order valence-electron chi connectivity index (χ1n) is 3.40. The van der Waals surface area contributed by atoms with Crippen LogP contribution in [0.1, 0.15) is 26.7 Å². The molecule has 0 radical (unpaired) electrons. The first-order valence-corrected chi connectivity index (χ1v) is 4.53. The molecule has 0 heterocycles. The fraction of sp³-hybridized carbons (Fsp3) is 1.00. The Bertz CT molecular complexity index is 63.9. The van der Waals surface area contributed by atoms with Crippen molar-refractivity contribution in [3.63, 3.8) is 0 Å². The van der Waals surface area contributed by atoms with Gasteiger partial charge in [-0.3, -0.25) is 0 Å². The lowest BCUT2D eigenvalue weighted by atomic mass is 10.1. The van der Waals surface area contributed by atoms with E-state index in [1.54, 1.807) is 0 Å². The van der Waals surface area contributed by atoms with Gasteiger partial charge in [0, 0.05) is 5.33 Å². The number of hydrogen-bond donors (Lipinski definition) is 1. The maximum atomic E-state index is 8.88. The predicted octanol–water partition coefficient (Wildman–Crippen LogP) is 2.18. The van der Waals surface area contributed by atoms with E-state index in [0.29, 0.717) is 5.92 Å². The summed E-state index contributed by atoms with van der Waals surface area (Å²) >= 11 is 3.38. The van der Waals surface area contributed by atoms with Gasteiger partial charge in [-0.2, -0.15) is 0 Å². The lowest BCUT2D eigenvalue weighted by Gasteiger charge is -2.07. The fourth-order valence-electron chi connectivity index (χ4n) is 0.603. The molecule has 2 heteroatoms. The maximum Gasteiger partial charge on any atom is 0.0512 e. The van der Waals surface area contributed by atoms with E-state index in [-0.39, 0.29) is 6.10 Å². The molecule has 0 amide bonds. The molecular weight excluding hydrogens is 180 g/mol. The third kappa shape index (κ3) is 6.32. The summed E-state index contributed by atoms with van der Waals surface area (Å²) < 4.78 is 0. The molecule has 0 saturated carbocycles. The summed E-state index contributed by atoms with van der Waals surface area (Å²) in [6.07, 6.45) is 1.90. The lowest BCUT2D eigenvalue weighted by Crippen LogP contribution is -2.04. The van der Waals surface area contributed by atoms with Gasteiger partial charge in [0.05, 0.1) is 6.10 Å². The molecule has 56 valence electrons. The molecule has 1 N–H and O–H groups in total. The molecule has 0 spiro atoms. The van der Waals surface area contributed by atoms with Gasteiger partial charge in [-0.15, -0.1) is 0 Å². The molecular formula is C7H15BrO. The summed E-state index contributed by atoms with van der Waals surface area (Å²) in [5.74, 6) is 0.694. The van der Waals surface area contributed by atoms with E-state index in [4.69, 9.17) is 5.11 Å². The first-order chi connectivity index (χ1) is 4.16. The van der Waals surface area contributed by atoms with Crippen LogP contribution in [0.5, 0.6) is 0 Å². The minimum absolute atomic E-state index is 0.133. The van der Waals surface area contributed by atoms with Crippen LogP contribution in [0.25, 0.3) is 0 Å². The van der Waals surface area contributed by atoms with E-state index in [2.05, 4.69) is 22.9 Å². The Kier molecular flexibility index (Phi) is 5.50. The largest absolute Gasteiger partial charge is 0.393 e. The van der Waals surface area contributed by atoms with Crippen LogP contribution >= 0.6 is 15.9 Å². The molecule has 0 aliphatic carbocycles. The predicted molar refractivity (Wildman–Crippen MR) is 43.9 cm³/mol. The van der Waals surface area contributed by atoms with Crippen molar-refractivity contribution in [2.75, 3.05) is 5.33 Å². The van der Waals surface area contributed by atoms with Gasteiger partial charge in [0.1, 0.15) is 0 Å². The van der Waals surface area contributed by atoms with E-state index in [0.717, 1.165) is 18.2 Å². The lowest BCUT2D eigenvalue weighted by molar-refractivity contribution is 0.176. The minimum Gasteiger partial charge on any atom is -0.393 e. The van der Waals surface area contributed by atoms with E-state index >= 15 is 0 Å². The third-order valence-electron chi connectivity index (χ3n) is 1.34. The van der Waals surface area contributed by atoms with E-state index < -0.39 is 0 Å². The highest BCUT2D eigenvalue weighted by Crippen LogP contribution is 2.09. The van der Waals surface area contributed by atoms with Gasteiger partial charge in [0.2, 0.25) is 0 Å². The van der Waals surface area contributed by atoms with Crippen LogP contribution in [0, 0.1) is 5.92 Å². The highest BCUT2D eigenvalue weighted by molar-refractivity contribution is 9.09. The van der Waals surface area contributed by atoms with Crippen molar-refractivity contribution in [2.24, 2.45) is 5.92 Å². The Balaban J connectivity index is 3.06. The second-order valence-electron chi connectivity index (χ2n) is 2.69. The standard InChI is InChI=1S/C7H15BrO/c1-6(5-8)3-4-7(2)9/h6-7,9H,3-5H2,1-2H3. The molecule has 0 aromatic heterocycles. The molecule has 0 aliphatic rings. The molecule has 0 saturated heterocycles. The number of hydrogen-bond acceptors (Lipinski definition) is 1. The van der Waals surface area contributed by atoms with Crippen LogP contribution < -0.4 is 0 Å². The molecule has 0 fully saturated rings. The zero-order valence-corrected chi connectivity index (χ0v) is 7.69. The first kappa shape index (κ1) is 9.44. The number of rotatable bonds is 4. The van der Waals surface area contributed by atoms with Crippen molar-refractivity contribution in [2.45, 2.75) is 32.8 Å². The van der Waals surface area contributed by atoms with E-state index in [1.807, 2.05) is 6.92 Å². The summed E-state index contributed by atoms with van der Waals surface area (Å²) in [6, 6.07) is 0. The Hall–Kier alpha value is 0.440. The SMILES string of the molecule is CC(O)CCC(C)CBr. The third-order valence-corrected chi connectivity index (χ3v) is 2.45. The van der Waals surface area contributed by atoms with Gasteiger partial charge in [-0.25, -0.2) is 0 Å². The summed E-state index contributed by atoms with van der Waals surface area (Å²) in [5.41, 5.74) is 0. The van der Waals surface area contributed by atoms with Gasteiger partial charge >= 0.3 is 0 Å². The molecule has 0 aromatic rings. The average Bonchev–Trinajstić information content (AvgIpc) is 1.83. The van der Waals surface area contributed by atoms with Crippen molar-refractivity contribution in [3.05, 3.63) is 0 Å². The summed E-state index contributed by atoms with van der Waals surface area (Å²) in [6.45, 7) is 4.01. The Morgan fingerprint density at radius 3 is 2.22 bits per heavy atom. The zero-order chi connectivity index (χ0) is 7.28. The molecule has 2 unspecified atom stereocenters. The van der Waals surface area contributed by atoms with E-state index in [9.17, 15) is 0 Å². The van der Waals surface area contributed by atoms with Crippen LogP contribution in [0.3, 0.4) is 0 Å². The summed E-state index contributed by atoms with van der Waals surface area (Å²) in [7, 11) is 0. The van der Waals surface area contributed by atoms with Gasteiger partial charge in [0.15, 0.2) is 0 Å². The summed E-state index contributed by atoms with van der Waals surface area (Å²) in [5, 5.41) is 9.92. The van der Waals surface area contributed by atoms with Gasteiger partial charge in [-0.1, -0.05) is 22.9 Å². The molecule has 0 rings (SSSR count). The molecule has 0 aliphatic heterocycles. The van der Waals surface area contributed by atoms with Crippen LogP contribution in [-0.2, 0) is 0 Å². The smallest absolute Gasteiger partial charge is 0.0512 e. The Morgan fingerprint density at radius 1 is 1.33 bits per heavy atom. The highest BCUT2D eigenvalue weighted by atomic mass is 79.9. The Morgan fingerprint density at radius 2 is 1.89 bits per heavy atom. The maximum absolute atomic E-state index is 8.88. The van der Waals surface area contributed by atoms with E-state index in [1.165, 1.54) is 0 Å². The van der Waals surface area contributed by atoms with Crippen LogP contribution in [0.2, 0.25) is 0 Å². The van der Waals surface area contributed by atoms with Gasteiger partial charge in [0.25, 0.3) is 0 Å². The monoisotopic (exact) mass is 194 g/mol. The molecule has 0 aromatic carbocycles. The Labute approximate surface area is 65.6 Å².